The Morgan fingerprint density at radius 3 is 2.79 bits per heavy atom. The molecule has 1 N–H and O–H groups in total. The van der Waals surface area contributed by atoms with Crippen molar-refractivity contribution in [2.75, 3.05) is 0 Å². The van der Waals surface area contributed by atoms with Gasteiger partial charge in [0.1, 0.15) is 0 Å². The van der Waals surface area contributed by atoms with E-state index in [1.807, 2.05) is 30.5 Å². The molecule has 0 amide bonds. The van der Waals surface area contributed by atoms with Gasteiger partial charge in [-0.3, -0.25) is 4.79 Å². The van der Waals surface area contributed by atoms with E-state index in [-0.39, 0.29) is 5.78 Å². The molecule has 70 valence electrons. The van der Waals surface area contributed by atoms with Gasteiger partial charge in [-0.05, 0) is 13.0 Å². The number of rotatable bonds is 2. The Balaban J connectivity index is 2.64. The van der Waals surface area contributed by atoms with Crippen molar-refractivity contribution in [1.29, 1.82) is 0 Å². The van der Waals surface area contributed by atoms with Crippen LogP contribution in [0.3, 0.4) is 0 Å². The monoisotopic (exact) mass is 185 g/mol. The van der Waals surface area contributed by atoms with Crippen molar-refractivity contribution in [2.24, 2.45) is 0 Å². The lowest BCUT2D eigenvalue weighted by Crippen LogP contribution is -1.92. The Labute approximate surface area is 82.3 Å². The van der Waals surface area contributed by atoms with Gasteiger partial charge in [-0.15, -0.1) is 0 Å². The molecule has 0 saturated heterocycles. The Morgan fingerprint density at radius 2 is 2.07 bits per heavy atom. The Kier molecular flexibility index (Phi) is 1.97. The number of H-pyrrole nitrogens is 1. The van der Waals surface area contributed by atoms with Crippen molar-refractivity contribution >= 4 is 22.3 Å². The number of aromatic nitrogens is 1. The van der Waals surface area contributed by atoms with Crippen LogP contribution in [0.15, 0.2) is 37.0 Å². The first-order valence-corrected chi connectivity index (χ1v) is 4.46. The third-order valence-electron chi connectivity index (χ3n) is 2.34. The zero-order valence-electron chi connectivity index (χ0n) is 8.00. The maximum Gasteiger partial charge on any atom is 0.159 e. The second-order valence-corrected chi connectivity index (χ2v) is 3.28. The van der Waals surface area contributed by atoms with Crippen LogP contribution in [0.25, 0.3) is 16.5 Å². The zero-order chi connectivity index (χ0) is 10.1. The Hall–Kier alpha value is -1.83. The average molecular weight is 185 g/mol. The standard InChI is InChI=1S/C12H11NO/c1-8(9(2)14)11-7-13-12-6-4-3-5-10(11)12/h3-7,13H,1H2,2H3. The molecule has 0 radical (unpaired) electrons. The van der Waals surface area contributed by atoms with Crippen LogP contribution in [0.2, 0.25) is 0 Å². The van der Waals surface area contributed by atoms with E-state index in [1.165, 1.54) is 6.92 Å². The van der Waals surface area contributed by atoms with Gasteiger partial charge >= 0.3 is 0 Å². The fourth-order valence-corrected chi connectivity index (χ4v) is 1.51. The van der Waals surface area contributed by atoms with E-state index < -0.39 is 0 Å². The molecule has 1 heterocycles. The normalized spacial score (nSPS) is 10.4. The van der Waals surface area contributed by atoms with Gasteiger partial charge in [0.2, 0.25) is 0 Å². The van der Waals surface area contributed by atoms with Gasteiger partial charge in [0.15, 0.2) is 5.78 Å². The van der Waals surface area contributed by atoms with E-state index in [0.29, 0.717) is 5.57 Å². The first-order valence-electron chi connectivity index (χ1n) is 4.46. The number of nitrogens with one attached hydrogen (secondary N) is 1. The number of aromatic amines is 1. The highest BCUT2D eigenvalue weighted by Gasteiger charge is 2.09. The lowest BCUT2D eigenvalue weighted by atomic mass is 10.0. The number of hydrogen-bond donors (Lipinski definition) is 1. The summed E-state index contributed by atoms with van der Waals surface area (Å²) >= 11 is 0. The van der Waals surface area contributed by atoms with Crippen molar-refractivity contribution < 1.29 is 4.79 Å². The summed E-state index contributed by atoms with van der Waals surface area (Å²) in [5.74, 6) is 0.00903. The van der Waals surface area contributed by atoms with Crippen molar-refractivity contribution in [3.05, 3.63) is 42.6 Å². The topological polar surface area (TPSA) is 32.9 Å². The fourth-order valence-electron chi connectivity index (χ4n) is 1.51. The number of ketones is 1. The van der Waals surface area contributed by atoms with Gasteiger partial charge in [-0.25, -0.2) is 0 Å². The van der Waals surface area contributed by atoms with Crippen LogP contribution >= 0.6 is 0 Å². The van der Waals surface area contributed by atoms with E-state index >= 15 is 0 Å². The first-order chi connectivity index (χ1) is 6.70. The molecule has 0 spiro atoms. The van der Waals surface area contributed by atoms with Crippen molar-refractivity contribution in [3.63, 3.8) is 0 Å². The number of para-hydroxylation sites is 1. The van der Waals surface area contributed by atoms with E-state index in [2.05, 4.69) is 11.6 Å². The van der Waals surface area contributed by atoms with Gasteiger partial charge < -0.3 is 4.98 Å². The van der Waals surface area contributed by atoms with Crippen molar-refractivity contribution in [3.8, 4) is 0 Å². The molecule has 2 rings (SSSR count). The van der Waals surface area contributed by atoms with Crippen LogP contribution in [0.4, 0.5) is 0 Å². The Morgan fingerprint density at radius 1 is 1.36 bits per heavy atom. The van der Waals surface area contributed by atoms with Crippen molar-refractivity contribution in [1.82, 2.24) is 4.98 Å². The molecule has 0 aliphatic carbocycles. The number of Topliss-reactive ketones (excluding diaryl/α,β-unsaturated/α-hetero) is 1. The molecular weight excluding hydrogens is 174 g/mol. The molecule has 0 aliphatic rings. The van der Waals surface area contributed by atoms with Gasteiger partial charge in [-0.2, -0.15) is 0 Å². The second-order valence-electron chi connectivity index (χ2n) is 3.28. The molecule has 2 heteroatoms. The van der Waals surface area contributed by atoms with Gasteiger partial charge in [0, 0.05) is 28.2 Å². The summed E-state index contributed by atoms with van der Waals surface area (Å²) in [6.45, 7) is 5.31. The highest BCUT2D eigenvalue weighted by molar-refractivity contribution is 6.21. The maximum atomic E-state index is 11.2. The SMILES string of the molecule is C=C(C(C)=O)c1c[nH]c2ccccc12. The first kappa shape index (κ1) is 8.75. The third-order valence-corrected chi connectivity index (χ3v) is 2.34. The van der Waals surface area contributed by atoms with Gasteiger partial charge in [0.05, 0.1) is 0 Å². The predicted octanol–water partition coefficient (Wildman–Crippen LogP) is 2.77. The maximum absolute atomic E-state index is 11.2. The van der Waals surface area contributed by atoms with Crippen LogP contribution < -0.4 is 0 Å². The average Bonchev–Trinajstić information content (AvgIpc) is 2.60. The molecule has 0 aliphatic heterocycles. The third kappa shape index (κ3) is 1.25. The molecule has 1 aromatic carbocycles. The molecule has 1 aromatic heterocycles. The van der Waals surface area contributed by atoms with Gasteiger partial charge in [-0.1, -0.05) is 24.8 Å². The Bertz CT molecular complexity index is 508. The highest BCUT2D eigenvalue weighted by atomic mass is 16.1. The largest absolute Gasteiger partial charge is 0.361 e. The number of benzene rings is 1. The fraction of sp³-hybridized carbons (Fsp3) is 0.0833. The number of carbonyl (C=O) groups excluding carboxylic acids is 1. The molecule has 0 fully saturated rings. The molecular formula is C12H11NO. The molecule has 0 unspecified atom stereocenters. The number of hydrogen-bond acceptors (Lipinski definition) is 1. The number of carbonyl (C=O) groups is 1. The van der Waals surface area contributed by atoms with E-state index in [9.17, 15) is 4.79 Å². The van der Waals surface area contributed by atoms with Crippen LogP contribution in [0.1, 0.15) is 12.5 Å². The van der Waals surface area contributed by atoms with E-state index in [1.54, 1.807) is 0 Å². The summed E-state index contributed by atoms with van der Waals surface area (Å²) in [5.41, 5.74) is 2.49. The second kappa shape index (κ2) is 3.14. The van der Waals surface area contributed by atoms with E-state index in [0.717, 1.165) is 16.5 Å². The van der Waals surface area contributed by atoms with Crippen LogP contribution in [0.5, 0.6) is 0 Å². The number of fused-ring (bicyclic) bond motifs is 1. The summed E-state index contributed by atoms with van der Waals surface area (Å²) in [7, 11) is 0. The summed E-state index contributed by atoms with van der Waals surface area (Å²) in [5, 5.41) is 1.05. The lowest BCUT2D eigenvalue weighted by Gasteiger charge is -1.98. The zero-order valence-corrected chi connectivity index (χ0v) is 8.00. The minimum atomic E-state index is 0.00903. The molecule has 2 aromatic rings. The summed E-state index contributed by atoms with van der Waals surface area (Å²) in [6.07, 6.45) is 1.83. The van der Waals surface area contributed by atoms with Crippen molar-refractivity contribution in [2.45, 2.75) is 6.92 Å². The smallest absolute Gasteiger partial charge is 0.159 e. The minimum Gasteiger partial charge on any atom is -0.361 e. The number of allylic oxidation sites excluding steroid dienone is 1. The molecule has 0 saturated carbocycles. The highest BCUT2D eigenvalue weighted by Crippen LogP contribution is 2.23. The summed E-state index contributed by atoms with van der Waals surface area (Å²) in [6, 6.07) is 7.87. The quantitative estimate of drug-likeness (QED) is 0.717. The molecule has 14 heavy (non-hydrogen) atoms. The predicted molar refractivity (Wildman–Crippen MR) is 58.0 cm³/mol. The summed E-state index contributed by atoms with van der Waals surface area (Å²) < 4.78 is 0. The molecule has 0 bridgehead atoms. The van der Waals surface area contributed by atoms with Crippen LogP contribution in [-0.2, 0) is 4.79 Å². The van der Waals surface area contributed by atoms with E-state index in [4.69, 9.17) is 0 Å². The van der Waals surface area contributed by atoms with Crippen LogP contribution in [0, 0.1) is 0 Å². The molecule has 2 nitrogen and oxygen atoms in total. The van der Waals surface area contributed by atoms with Gasteiger partial charge in [0.25, 0.3) is 0 Å². The van der Waals surface area contributed by atoms with Crippen LogP contribution in [-0.4, -0.2) is 10.8 Å². The summed E-state index contributed by atoms with van der Waals surface area (Å²) in [4.78, 5) is 14.3. The lowest BCUT2D eigenvalue weighted by molar-refractivity contribution is -0.111. The molecule has 0 atom stereocenters. The minimum absolute atomic E-state index is 0.00903.